The lowest BCUT2D eigenvalue weighted by Gasteiger charge is -2.19. The number of pyridine rings is 1. The molecular formula is C30H49NO4. The molecule has 5 heteroatoms. The first-order valence-electron chi connectivity index (χ1n) is 14.2. The van der Waals surface area contributed by atoms with Gasteiger partial charge in [0.05, 0.1) is 25.8 Å². The van der Waals surface area contributed by atoms with E-state index in [-0.39, 0.29) is 5.56 Å². The van der Waals surface area contributed by atoms with Crippen LogP contribution in [0.15, 0.2) is 23.0 Å². The fourth-order valence-electron chi connectivity index (χ4n) is 4.42. The highest BCUT2D eigenvalue weighted by Crippen LogP contribution is 2.35. The van der Waals surface area contributed by atoms with Crippen LogP contribution in [-0.2, 0) is 6.54 Å². The number of rotatable bonds is 20. The third kappa shape index (κ3) is 9.42. The van der Waals surface area contributed by atoms with Crippen LogP contribution in [0.1, 0.15) is 111 Å². The Morgan fingerprint density at radius 3 is 1.91 bits per heavy atom. The molecule has 1 aromatic carbocycles. The molecule has 0 aliphatic carbocycles. The standard InChI is InChI=1S/C30H49NO4/c1-5-8-11-13-15-17-21-31-27-24-25(33-4)19-20-26(27)28(34-22-10-7-3)29(30(31)32)35-23-18-16-14-12-9-6-2/h19-20,24H,5-18,21-23H2,1-4H3. The van der Waals surface area contributed by atoms with Crippen LogP contribution in [0.2, 0.25) is 0 Å². The molecule has 1 heterocycles. The maximum absolute atomic E-state index is 13.7. The van der Waals surface area contributed by atoms with E-state index in [1.54, 1.807) is 7.11 Å². The number of fused-ring (bicyclic) bond motifs is 1. The van der Waals surface area contributed by atoms with Crippen molar-refractivity contribution in [2.75, 3.05) is 20.3 Å². The molecule has 0 aliphatic rings. The van der Waals surface area contributed by atoms with Crippen molar-refractivity contribution in [3.63, 3.8) is 0 Å². The van der Waals surface area contributed by atoms with Crippen LogP contribution in [0.5, 0.6) is 17.2 Å². The van der Waals surface area contributed by atoms with Gasteiger partial charge in [0.1, 0.15) is 5.75 Å². The number of nitrogens with zero attached hydrogens (tertiary/aromatic N) is 1. The van der Waals surface area contributed by atoms with Gasteiger partial charge in [-0.1, -0.05) is 91.4 Å². The Morgan fingerprint density at radius 1 is 0.686 bits per heavy atom. The Kier molecular flexibility index (Phi) is 14.4. The number of methoxy groups -OCH3 is 1. The van der Waals surface area contributed by atoms with Crippen LogP contribution < -0.4 is 19.8 Å². The molecule has 0 fully saturated rings. The van der Waals surface area contributed by atoms with Crippen LogP contribution in [0.25, 0.3) is 10.9 Å². The summed E-state index contributed by atoms with van der Waals surface area (Å²) in [6.07, 6.45) is 16.2. The van der Waals surface area contributed by atoms with E-state index >= 15 is 0 Å². The summed E-state index contributed by atoms with van der Waals surface area (Å²) in [6.45, 7) is 8.40. The van der Waals surface area contributed by atoms with Crippen molar-refractivity contribution in [1.29, 1.82) is 0 Å². The number of benzene rings is 1. The molecule has 2 aromatic rings. The minimum Gasteiger partial charge on any atom is -0.497 e. The second kappa shape index (κ2) is 17.3. The molecule has 1 aromatic heterocycles. The van der Waals surface area contributed by atoms with Crippen LogP contribution in [0.4, 0.5) is 0 Å². The van der Waals surface area contributed by atoms with E-state index in [0.717, 1.165) is 55.2 Å². The van der Waals surface area contributed by atoms with Crippen LogP contribution in [0.3, 0.4) is 0 Å². The molecule has 0 bridgehead atoms. The maximum Gasteiger partial charge on any atom is 0.297 e. The van der Waals surface area contributed by atoms with Crippen molar-refractivity contribution < 1.29 is 14.2 Å². The molecule has 5 nitrogen and oxygen atoms in total. The summed E-state index contributed by atoms with van der Waals surface area (Å²) in [5.74, 6) is 1.71. The van der Waals surface area contributed by atoms with Crippen LogP contribution in [-0.4, -0.2) is 24.9 Å². The van der Waals surface area contributed by atoms with Crippen molar-refractivity contribution in [2.24, 2.45) is 0 Å². The molecule has 0 saturated carbocycles. The zero-order chi connectivity index (χ0) is 25.3. The number of aromatic nitrogens is 1. The lowest BCUT2D eigenvalue weighted by molar-refractivity contribution is 0.257. The Morgan fingerprint density at radius 2 is 1.26 bits per heavy atom. The molecule has 0 saturated heterocycles. The molecule has 2 rings (SSSR count). The van der Waals surface area contributed by atoms with Gasteiger partial charge in [-0.2, -0.15) is 0 Å². The topological polar surface area (TPSA) is 49.7 Å². The molecule has 0 spiro atoms. The largest absolute Gasteiger partial charge is 0.497 e. The van der Waals surface area contributed by atoms with Gasteiger partial charge in [-0.25, -0.2) is 0 Å². The number of hydrogen-bond donors (Lipinski definition) is 0. The van der Waals surface area contributed by atoms with Crippen LogP contribution >= 0.6 is 0 Å². The van der Waals surface area contributed by atoms with E-state index in [1.807, 2.05) is 22.8 Å². The molecule has 0 radical (unpaired) electrons. The van der Waals surface area contributed by atoms with Crippen molar-refractivity contribution in [3.05, 3.63) is 28.6 Å². The molecule has 0 amide bonds. The van der Waals surface area contributed by atoms with Gasteiger partial charge in [0.2, 0.25) is 5.75 Å². The molecular weight excluding hydrogens is 438 g/mol. The summed E-state index contributed by atoms with van der Waals surface area (Å²) >= 11 is 0. The highest BCUT2D eigenvalue weighted by molar-refractivity contribution is 5.89. The third-order valence-electron chi connectivity index (χ3n) is 6.61. The SMILES string of the molecule is CCCCCCCCOc1c(OCCCC)c2ccc(OC)cc2n(CCCCCCCC)c1=O. The van der Waals surface area contributed by atoms with Gasteiger partial charge in [-0.15, -0.1) is 0 Å². The highest BCUT2D eigenvalue weighted by atomic mass is 16.5. The van der Waals surface area contributed by atoms with Gasteiger partial charge in [0, 0.05) is 18.0 Å². The summed E-state index contributed by atoms with van der Waals surface area (Å²) in [5, 5.41) is 0.922. The van der Waals surface area contributed by atoms with Gasteiger partial charge < -0.3 is 18.8 Å². The molecule has 0 N–H and O–H groups in total. The minimum atomic E-state index is -0.0863. The number of unbranched alkanes of at least 4 members (excludes halogenated alkanes) is 11. The molecule has 0 atom stereocenters. The first-order valence-corrected chi connectivity index (χ1v) is 14.2. The smallest absolute Gasteiger partial charge is 0.297 e. The third-order valence-corrected chi connectivity index (χ3v) is 6.61. The molecule has 35 heavy (non-hydrogen) atoms. The zero-order valence-corrected chi connectivity index (χ0v) is 22.8. The number of hydrogen-bond acceptors (Lipinski definition) is 4. The van der Waals surface area contributed by atoms with E-state index in [2.05, 4.69) is 20.8 Å². The van der Waals surface area contributed by atoms with Gasteiger partial charge in [0.15, 0.2) is 5.75 Å². The molecule has 0 unspecified atom stereocenters. The van der Waals surface area contributed by atoms with Gasteiger partial charge in [0.25, 0.3) is 5.56 Å². The van der Waals surface area contributed by atoms with E-state index < -0.39 is 0 Å². The Bertz CT molecular complexity index is 905. The first kappa shape index (κ1) is 29.1. The number of ether oxygens (including phenoxy) is 3. The molecule has 0 aliphatic heterocycles. The summed E-state index contributed by atoms with van der Waals surface area (Å²) in [7, 11) is 1.66. The summed E-state index contributed by atoms with van der Waals surface area (Å²) in [4.78, 5) is 13.7. The van der Waals surface area contributed by atoms with Crippen LogP contribution in [0, 0.1) is 0 Å². The van der Waals surface area contributed by atoms with Crippen molar-refractivity contribution in [2.45, 2.75) is 117 Å². The molecule has 198 valence electrons. The predicted molar refractivity (Wildman–Crippen MR) is 147 cm³/mol. The average molecular weight is 488 g/mol. The first-order chi connectivity index (χ1) is 17.2. The van der Waals surface area contributed by atoms with E-state index in [0.29, 0.717) is 31.3 Å². The summed E-state index contributed by atoms with van der Waals surface area (Å²) < 4.78 is 19.7. The van der Waals surface area contributed by atoms with Gasteiger partial charge >= 0.3 is 0 Å². The van der Waals surface area contributed by atoms with E-state index in [4.69, 9.17) is 14.2 Å². The highest BCUT2D eigenvalue weighted by Gasteiger charge is 2.20. The lowest BCUT2D eigenvalue weighted by Crippen LogP contribution is -2.24. The van der Waals surface area contributed by atoms with Gasteiger partial charge in [-0.3, -0.25) is 4.79 Å². The predicted octanol–water partition coefficient (Wildman–Crippen LogP) is 8.29. The lowest BCUT2D eigenvalue weighted by atomic mass is 10.1. The second-order valence-electron chi connectivity index (χ2n) is 9.58. The Balaban J connectivity index is 2.31. The normalized spacial score (nSPS) is 11.2. The Labute approximate surface area is 213 Å². The second-order valence-corrected chi connectivity index (χ2v) is 9.58. The van der Waals surface area contributed by atoms with Gasteiger partial charge in [-0.05, 0) is 31.4 Å². The fourth-order valence-corrected chi connectivity index (χ4v) is 4.42. The summed E-state index contributed by atoms with van der Waals surface area (Å²) in [5.41, 5.74) is 0.776. The Hall–Kier alpha value is -2.17. The monoisotopic (exact) mass is 487 g/mol. The summed E-state index contributed by atoms with van der Waals surface area (Å²) in [6, 6.07) is 5.90. The van der Waals surface area contributed by atoms with E-state index in [9.17, 15) is 4.79 Å². The van der Waals surface area contributed by atoms with Crippen molar-refractivity contribution in [1.82, 2.24) is 4.57 Å². The fraction of sp³-hybridized carbons (Fsp3) is 0.700. The van der Waals surface area contributed by atoms with Crippen molar-refractivity contribution in [3.8, 4) is 17.2 Å². The quantitative estimate of drug-likeness (QED) is 0.176. The van der Waals surface area contributed by atoms with E-state index in [1.165, 1.54) is 51.4 Å². The maximum atomic E-state index is 13.7. The minimum absolute atomic E-state index is 0.0863. The average Bonchev–Trinajstić information content (AvgIpc) is 2.87. The number of aryl methyl sites for hydroxylation is 1. The van der Waals surface area contributed by atoms with Crippen molar-refractivity contribution >= 4 is 10.9 Å². The zero-order valence-electron chi connectivity index (χ0n) is 22.8.